The fourth-order valence-electron chi connectivity index (χ4n) is 2.78. The van der Waals surface area contributed by atoms with E-state index in [9.17, 15) is 4.79 Å². The van der Waals surface area contributed by atoms with Crippen molar-refractivity contribution >= 4 is 27.5 Å². The first-order valence-electron chi connectivity index (χ1n) is 6.96. The minimum Gasteiger partial charge on any atom is -0.371 e. The van der Waals surface area contributed by atoms with Crippen LogP contribution in [0.4, 0.5) is 5.69 Å². The van der Waals surface area contributed by atoms with Crippen molar-refractivity contribution in [2.24, 2.45) is 5.73 Å². The first-order valence-corrected chi connectivity index (χ1v) is 7.75. The maximum Gasteiger partial charge on any atom is 0.243 e. The molecule has 1 aromatic rings. The van der Waals surface area contributed by atoms with E-state index in [1.54, 1.807) is 0 Å². The average molecular weight is 325 g/mol. The van der Waals surface area contributed by atoms with Gasteiger partial charge in [-0.25, -0.2) is 0 Å². The Labute approximate surface area is 123 Å². The second-order valence-electron chi connectivity index (χ2n) is 5.35. The highest BCUT2D eigenvalue weighted by Crippen LogP contribution is 2.30. The van der Waals surface area contributed by atoms with Gasteiger partial charge in [0.1, 0.15) is 5.54 Å². The van der Waals surface area contributed by atoms with Crippen molar-refractivity contribution in [2.75, 3.05) is 5.32 Å². The maximum atomic E-state index is 12.0. The highest BCUT2D eigenvalue weighted by Gasteiger charge is 2.36. The number of carbonyl (C=O) groups excluding carboxylic acids is 1. The maximum absolute atomic E-state index is 12.0. The van der Waals surface area contributed by atoms with E-state index in [1.807, 2.05) is 24.3 Å². The van der Waals surface area contributed by atoms with Gasteiger partial charge in [-0.2, -0.15) is 0 Å². The van der Waals surface area contributed by atoms with Crippen molar-refractivity contribution in [3.05, 3.63) is 28.7 Å². The van der Waals surface area contributed by atoms with Gasteiger partial charge in [-0.15, -0.1) is 0 Å². The minimum atomic E-state index is -0.582. The Morgan fingerprint density at radius 2 is 1.79 bits per heavy atom. The van der Waals surface area contributed by atoms with Crippen molar-refractivity contribution in [1.29, 1.82) is 0 Å². The molecule has 1 fully saturated rings. The average Bonchev–Trinajstić information content (AvgIpc) is 2.32. The van der Waals surface area contributed by atoms with Gasteiger partial charge in [-0.05, 0) is 31.0 Å². The number of hydrogen-bond acceptors (Lipinski definition) is 2. The monoisotopic (exact) mass is 324 g/mol. The fourth-order valence-corrected chi connectivity index (χ4v) is 3.18. The van der Waals surface area contributed by atoms with Gasteiger partial charge in [0.25, 0.3) is 0 Å². The Morgan fingerprint density at radius 1 is 1.16 bits per heavy atom. The van der Waals surface area contributed by atoms with Crippen LogP contribution in [0.3, 0.4) is 0 Å². The molecule has 3 N–H and O–H groups in total. The number of carbonyl (C=O) groups is 1. The van der Waals surface area contributed by atoms with Crippen LogP contribution in [0.25, 0.3) is 0 Å². The molecular weight excluding hydrogens is 304 g/mol. The Kier molecular flexibility index (Phi) is 4.86. The van der Waals surface area contributed by atoms with Crippen molar-refractivity contribution in [3.63, 3.8) is 0 Å². The number of halogens is 1. The summed E-state index contributed by atoms with van der Waals surface area (Å²) in [4.78, 5) is 12.0. The smallest absolute Gasteiger partial charge is 0.243 e. The van der Waals surface area contributed by atoms with Crippen LogP contribution < -0.4 is 11.1 Å². The molecule has 3 nitrogen and oxygen atoms in total. The summed E-state index contributed by atoms with van der Waals surface area (Å²) in [5.74, 6) is -0.227. The molecule has 0 heterocycles. The summed E-state index contributed by atoms with van der Waals surface area (Å²) in [6, 6.07) is 7.90. The summed E-state index contributed by atoms with van der Waals surface area (Å²) in [5, 5.41) is 3.40. The molecule has 0 aromatic heterocycles. The molecule has 0 radical (unpaired) electrons. The highest BCUT2D eigenvalue weighted by atomic mass is 79.9. The van der Waals surface area contributed by atoms with Gasteiger partial charge in [-0.1, -0.05) is 54.1 Å². The first kappa shape index (κ1) is 14.4. The number of nitrogens with one attached hydrogen (secondary N) is 1. The molecule has 0 aliphatic heterocycles. The fraction of sp³-hybridized carbons (Fsp3) is 0.533. The van der Waals surface area contributed by atoms with E-state index in [4.69, 9.17) is 5.73 Å². The lowest BCUT2D eigenvalue weighted by atomic mass is 9.83. The number of benzene rings is 1. The van der Waals surface area contributed by atoms with Gasteiger partial charge >= 0.3 is 0 Å². The van der Waals surface area contributed by atoms with E-state index in [1.165, 1.54) is 19.3 Å². The number of amides is 1. The van der Waals surface area contributed by atoms with Crippen molar-refractivity contribution < 1.29 is 4.79 Å². The molecule has 1 aliphatic carbocycles. The lowest BCUT2D eigenvalue weighted by Crippen LogP contribution is -2.50. The third-order valence-electron chi connectivity index (χ3n) is 3.89. The van der Waals surface area contributed by atoms with Gasteiger partial charge in [-0.3, -0.25) is 4.79 Å². The van der Waals surface area contributed by atoms with Crippen LogP contribution in [0, 0.1) is 0 Å². The second kappa shape index (κ2) is 6.42. The molecule has 0 atom stereocenters. The second-order valence-corrected chi connectivity index (χ2v) is 6.27. The van der Waals surface area contributed by atoms with Crippen LogP contribution in [0.1, 0.15) is 44.9 Å². The minimum absolute atomic E-state index is 0.227. The largest absolute Gasteiger partial charge is 0.371 e. The zero-order valence-corrected chi connectivity index (χ0v) is 12.7. The van der Waals surface area contributed by atoms with E-state index in [-0.39, 0.29) is 5.91 Å². The summed E-state index contributed by atoms with van der Waals surface area (Å²) >= 11 is 3.45. The van der Waals surface area contributed by atoms with E-state index >= 15 is 0 Å². The first-order chi connectivity index (χ1) is 9.12. The van der Waals surface area contributed by atoms with Crippen LogP contribution in [-0.4, -0.2) is 11.4 Å². The van der Waals surface area contributed by atoms with Crippen molar-refractivity contribution in [1.82, 2.24) is 0 Å². The molecule has 4 heteroatoms. The molecule has 1 amide bonds. The lowest BCUT2D eigenvalue weighted by Gasteiger charge is -2.34. The van der Waals surface area contributed by atoms with E-state index in [0.29, 0.717) is 0 Å². The van der Waals surface area contributed by atoms with E-state index < -0.39 is 5.54 Å². The summed E-state index contributed by atoms with van der Waals surface area (Å²) in [6.07, 6.45) is 7.42. The number of anilines is 1. The molecule has 0 unspecified atom stereocenters. The van der Waals surface area contributed by atoms with Crippen LogP contribution in [0.15, 0.2) is 28.7 Å². The topological polar surface area (TPSA) is 55.1 Å². The summed E-state index contributed by atoms with van der Waals surface area (Å²) in [7, 11) is 0. The predicted molar refractivity (Wildman–Crippen MR) is 82.0 cm³/mol. The van der Waals surface area contributed by atoms with Crippen LogP contribution in [0.2, 0.25) is 0 Å². The number of nitrogens with two attached hydrogens (primary N) is 1. The SMILES string of the molecule is NC(=O)C1(Nc2cccc(Br)c2)CCCCCCC1. The van der Waals surface area contributed by atoms with Gasteiger partial charge in [0.05, 0.1) is 0 Å². The Bertz CT molecular complexity index is 440. The van der Waals surface area contributed by atoms with E-state index in [2.05, 4.69) is 21.2 Å². The molecular formula is C15H21BrN2O. The van der Waals surface area contributed by atoms with Crippen LogP contribution in [0.5, 0.6) is 0 Å². The zero-order valence-electron chi connectivity index (χ0n) is 11.1. The van der Waals surface area contributed by atoms with Crippen LogP contribution >= 0.6 is 15.9 Å². The van der Waals surface area contributed by atoms with E-state index in [0.717, 1.165) is 35.8 Å². The van der Waals surface area contributed by atoms with Crippen molar-refractivity contribution in [2.45, 2.75) is 50.5 Å². The Hall–Kier alpha value is -1.03. The molecule has 2 rings (SSSR count). The zero-order chi connectivity index (χ0) is 13.7. The standard InChI is InChI=1S/C15H21BrN2O/c16-12-7-6-8-13(11-12)18-15(14(17)19)9-4-2-1-3-5-10-15/h6-8,11,18H,1-5,9-10H2,(H2,17,19). The van der Waals surface area contributed by atoms with Gasteiger partial charge in [0.2, 0.25) is 5.91 Å². The molecule has 1 saturated carbocycles. The van der Waals surface area contributed by atoms with Crippen molar-refractivity contribution in [3.8, 4) is 0 Å². The molecule has 19 heavy (non-hydrogen) atoms. The molecule has 1 aromatic carbocycles. The quantitative estimate of drug-likeness (QED) is 0.887. The summed E-state index contributed by atoms with van der Waals surface area (Å²) in [6.45, 7) is 0. The molecule has 0 saturated heterocycles. The number of primary amides is 1. The molecule has 104 valence electrons. The summed E-state index contributed by atoms with van der Waals surface area (Å²) in [5.41, 5.74) is 6.07. The Balaban J connectivity index is 2.20. The summed E-state index contributed by atoms with van der Waals surface area (Å²) < 4.78 is 1.00. The normalized spacial score (nSPS) is 19.2. The van der Waals surface area contributed by atoms with Crippen LogP contribution in [-0.2, 0) is 4.79 Å². The third-order valence-corrected chi connectivity index (χ3v) is 4.38. The molecule has 0 spiro atoms. The molecule has 0 bridgehead atoms. The van der Waals surface area contributed by atoms with Gasteiger partial charge in [0, 0.05) is 10.2 Å². The Morgan fingerprint density at radius 3 is 2.37 bits per heavy atom. The van der Waals surface area contributed by atoms with Gasteiger partial charge in [0.15, 0.2) is 0 Å². The number of hydrogen-bond donors (Lipinski definition) is 2. The highest BCUT2D eigenvalue weighted by molar-refractivity contribution is 9.10. The number of rotatable bonds is 3. The molecule has 1 aliphatic rings. The predicted octanol–water partition coefficient (Wildman–Crippen LogP) is 3.83. The third kappa shape index (κ3) is 3.72. The van der Waals surface area contributed by atoms with Gasteiger partial charge < -0.3 is 11.1 Å². The lowest BCUT2D eigenvalue weighted by molar-refractivity contribution is -0.123.